The molecule has 1 aliphatic heterocycles. The number of unbranched alkanes of at least 4 members (excludes halogenated alkanes) is 1. The van der Waals surface area contributed by atoms with Gasteiger partial charge in [0.25, 0.3) is 0 Å². The van der Waals surface area contributed by atoms with E-state index in [4.69, 9.17) is 14.2 Å². The second-order valence-electron chi connectivity index (χ2n) is 11.6. The molecule has 44 heavy (non-hydrogen) atoms. The molecular formula is C34H46FN5O4. The number of halogens is 1. The zero-order valence-electron chi connectivity index (χ0n) is 26.3. The van der Waals surface area contributed by atoms with Crippen LogP contribution in [0.2, 0.25) is 0 Å². The summed E-state index contributed by atoms with van der Waals surface area (Å²) in [5, 5.41) is 3.05. The first-order valence-corrected chi connectivity index (χ1v) is 15.7. The van der Waals surface area contributed by atoms with Crippen molar-refractivity contribution in [3.8, 4) is 11.5 Å². The molecule has 4 rings (SSSR count). The lowest BCUT2D eigenvalue weighted by molar-refractivity contribution is 0.150. The third-order valence-electron chi connectivity index (χ3n) is 7.53. The van der Waals surface area contributed by atoms with Gasteiger partial charge in [0.15, 0.2) is 11.6 Å². The van der Waals surface area contributed by atoms with Crippen LogP contribution >= 0.6 is 0 Å². The molecule has 0 saturated carbocycles. The normalized spacial score (nSPS) is 13.5. The van der Waals surface area contributed by atoms with Gasteiger partial charge in [0, 0.05) is 24.5 Å². The Kier molecular flexibility index (Phi) is 13.0. The van der Waals surface area contributed by atoms with Crippen molar-refractivity contribution < 1.29 is 23.4 Å². The van der Waals surface area contributed by atoms with Crippen LogP contribution in [0.15, 0.2) is 54.7 Å². The molecule has 1 saturated heterocycles. The maximum atomic E-state index is 14.9. The zero-order valence-corrected chi connectivity index (χ0v) is 26.3. The van der Waals surface area contributed by atoms with Crippen LogP contribution < -0.4 is 19.7 Å². The van der Waals surface area contributed by atoms with Gasteiger partial charge in [0.2, 0.25) is 5.95 Å². The standard InChI is InChI=1S/C34H46FN5O4/c1-26(2)11-5-8-21-44-34(41)40(25-27-12-9-13-29(23-27)42-3)32-16-17-36-33(38-32)37-28-14-15-31(30(35)24-28)43-22-10-20-39-18-6-4-7-19-39/h9,12-17,23-24,26H,4-8,10-11,18-22,25H2,1-3H3,(H,36,37,38). The first-order chi connectivity index (χ1) is 21.4. The molecule has 1 fully saturated rings. The van der Waals surface area contributed by atoms with E-state index in [0.717, 1.165) is 50.9 Å². The molecule has 2 aromatic carbocycles. The van der Waals surface area contributed by atoms with E-state index in [0.29, 0.717) is 36.4 Å². The van der Waals surface area contributed by atoms with Crippen LogP contribution in [-0.4, -0.2) is 60.9 Å². The van der Waals surface area contributed by atoms with Crippen molar-refractivity contribution >= 4 is 23.5 Å². The average Bonchev–Trinajstić information content (AvgIpc) is 3.03. The van der Waals surface area contributed by atoms with Crippen LogP contribution in [0.4, 0.5) is 26.6 Å². The van der Waals surface area contributed by atoms with E-state index in [1.807, 2.05) is 24.3 Å². The topological polar surface area (TPSA) is 89.0 Å². The van der Waals surface area contributed by atoms with E-state index in [1.165, 1.54) is 30.2 Å². The summed E-state index contributed by atoms with van der Waals surface area (Å²) in [4.78, 5) is 26.0. The number of ether oxygens (including phenoxy) is 3. The fraction of sp³-hybridized carbons (Fsp3) is 0.500. The van der Waals surface area contributed by atoms with E-state index in [-0.39, 0.29) is 18.2 Å². The maximum Gasteiger partial charge on any atom is 0.415 e. The summed E-state index contributed by atoms with van der Waals surface area (Å²) in [7, 11) is 1.60. The Bertz CT molecular complexity index is 1320. The zero-order chi connectivity index (χ0) is 31.1. The largest absolute Gasteiger partial charge is 0.497 e. The molecule has 1 aliphatic rings. The molecule has 0 atom stereocenters. The molecule has 0 bridgehead atoms. The molecule has 1 aromatic heterocycles. The highest BCUT2D eigenvalue weighted by atomic mass is 19.1. The monoisotopic (exact) mass is 607 g/mol. The van der Waals surface area contributed by atoms with Gasteiger partial charge >= 0.3 is 6.09 Å². The number of anilines is 3. The number of amides is 1. The first kappa shape index (κ1) is 33.0. The number of aromatic nitrogens is 2. The number of piperidine rings is 1. The predicted octanol–water partition coefficient (Wildman–Crippen LogP) is 7.59. The predicted molar refractivity (Wildman–Crippen MR) is 171 cm³/mol. The van der Waals surface area contributed by atoms with Crippen LogP contribution in [-0.2, 0) is 11.3 Å². The number of benzene rings is 2. The molecule has 9 nitrogen and oxygen atoms in total. The molecular weight excluding hydrogens is 561 g/mol. The minimum absolute atomic E-state index is 0.212. The SMILES string of the molecule is COc1cccc(CN(C(=O)OCCCCC(C)C)c2ccnc(Nc3ccc(OCCCN4CCCCC4)c(F)c3)n2)c1. The lowest BCUT2D eigenvalue weighted by Gasteiger charge is -2.26. The maximum absolute atomic E-state index is 14.9. The van der Waals surface area contributed by atoms with Gasteiger partial charge in [-0.3, -0.25) is 4.90 Å². The number of likely N-dealkylation sites (tertiary alicyclic amines) is 1. The molecule has 0 spiro atoms. The Labute approximate surface area is 260 Å². The highest BCUT2D eigenvalue weighted by molar-refractivity contribution is 5.86. The summed E-state index contributed by atoms with van der Waals surface area (Å²) >= 11 is 0. The Morgan fingerprint density at radius 2 is 1.89 bits per heavy atom. The summed E-state index contributed by atoms with van der Waals surface area (Å²) in [5.74, 6) is 1.61. The molecule has 0 aliphatic carbocycles. The van der Waals surface area contributed by atoms with Crippen LogP contribution in [0.25, 0.3) is 0 Å². The van der Waals surface area contributed by atoms with Crippen molar-refractivity contribution in [3.05, 3.63) is 66.1 Å². The van der Waals surface area contributed by atoms with E-state index < -0.39 is 11.9 Å². The van der Waals surface area contributed by atoms with Gasteiger partial charge in [0.05, 0.1) is 26.9 Å². The summed E-state index contributed by atoms with van der Waals surface area (Å²) < 4.78 is 31.6. The lowest BCUT2D eigenvalue weighted by Crippen LogP contribution is -2.32. The van der Waals surface area contributed by atoms with Crippen LogP contribution in [0, 0.1) is 11.7 Å². The molecule has 3 aromatic rings. The number of carbonyl (C=O) groups excluding carboxylic acids is 1. The Morgan fingerprint density at radius 3 is 2.66 bits per heavy atom. The van der Waals surface area contributed by atoms with Crippen molar-refractivity contribution in [2.45, 2.75) is 65.3 Å². The van der Waals surface area contributed by atoms with Crippen molar-refractivity contribution in [3.63, 3.8) is 0 Å². The summed E-state index contributed by atoms with van der Waals surface area (Å²) in [6.45, 7) is 8.60. The minimum atomic E-state index is -0.505. The van der Waals surface area contributed by atoms with Crippen molar-refractivity contribution in [2.75, 3.05) is 50.2 Å². The van der Waals surface area contributed by atoms with Crippen LogP contribution in [0.5, 0.6) is 11.5 Å². The van der Waals surface area contributed by atoms with Gasteiger partial charge < -0.3 is 24.4 Å². The Morgan fingerprint density at radius 1 is 1.05 bits per heavy atom. The highest BCUT2D eigenvalue weighted by Gasteiger charge is 2.21. The van der Waals surface area contributed by atoms with Gasteiger partial charge in [-0.25, -0.2) is 14.2 Å². The second kappa shape index (κ2) is 17.4. The van der Waals surface area contributed by atoms with Crippen molar-refractivity contribution in [1.82, 2.24) is 14.9 Å². The van der Waals surface area contributed by atoms with Crippen LogP contribution in [0.3, 0.4) is 0 Å². The lowest BCUT2D eigenvalue weighted by atomic mass is 10.1. The first-order valence-electron chi connectivity index (χ1n) is 15.7. The number of carbonyl (C=O) groups is 1. The summed E-state index contributed by atoms with van der Waals surface area (Å²) in [5.41, 5.74) is 1.32. The molecule has 0 unspecified atom stereocenters. The molecule has 1 N–H and O–H groups in total. The number of hydrogen-bond acceptors (Lipinski definition) is 8. The molecule has 1 amide bonds. The Balaban J connectivity index is 1.39. The quantitative estimate of drug-likeness (QED) is 0.167. The molecule has 2 heterocycles. The van der Waals surface area contributed by atoms with Gasteiger partial charge in [-0.1, -0.05) is 38.8 Å². The van der Waals surface area contributed by atoms with Crippen LogP contribution in [0.1, 0.15) is 64.4 Å². The van der Waals surface area contributed by atoms with E-state index >= 15 is 0 Å². The molecule has 238 valence electrons. The Hall–Kier alpha value is -3.92. The number of rotatable bonds is 16. The van der Waals surface area contributed by atoms with E-state index in [9.17, 15) is 9.18 Å². The van der Waals surface area contributed by atoms with Gasteiger partial charge in [-0.15, -0.1) is 0 Å². The minimum Gasteiger partial charge on any atom is -0.497 e. The molecule has 0 radical (unpaired) electrons. The summed E-state index contributed by atoms with van der Waals surface area (Å²) in [6, 6.07) is 13.8. The number of methoxy groups -OCH3 is 1. The van der Waals surface area contributed by atoms with Crippen molar-refractivity contribution in [1.29, 1.82) is 0 Å². The van der Waals surface area contributed by atoms with Gasteiger partial charge in [-0.05, 0) is 87.0 Å². The third-order valence-corrected chi connectivity index (χ3v) is 7.53. The van der Waals surface area contributed by atoms with E-state index in [1.54, 1.807) is 31.5 Å². The van der Waals surface area contributed by atoms with Crippen molar-refractivity contribution in [2.24, 2.45) is 5.92 Å². The highest BCUT2D eigenvalue weighted by Crippen LogP contribution is 2.25. The number of nitrogens with zero attached hydrogens (tertiary/aromatic N) is 4. The number of hydrogen-bond donors (Lipinski definition) is 1. The van der Waals surface area contributed by atoms with Gasteiger partial charge in [-0.2, -0.15) is 4.98 Å². The fourth-order valence-electron chi connectivity index (χ4n) is 5.12. The number of nitrogens with one attached hydrogen (secondary N) is 1. The third kappa shape index (κ3) is 10.7. The average molecular weight is 608 g/mol. The van der Waals surface area contributed by atoms with E-state index in [2.05, 4.69) is 34.0 Å². The summed E-state index contributed by atoms with van der Waals surface area (Å²) in [6.07, 6.45) is 8.56. The smallest absolute Gasteiger partial charge is 0.415 e. The second-order valence-corrected chi connectivity index (χ2v) is 11.6. The fourth-order valence-corrected chi connectivity index (χ4v) is 5.12. The molecule has 10 heteroatoms. The van der Waals surface area contributed by atoms with Gasteiger partial charge in [0.1, 0.15) is 11.6 Å².